The van der Waals surface area contributed by atoms with Gasteiger partial charge in [0.1, 0.15) is 6.10 Å². The Bertz CT molecular complexity index is 585. The Labute approximate surface area is 255 Å². The van der Waals surface area contributed by atoms with Gasteiger partial charge in [0.25, 0.3) is 0 Å². The number of ether oxygens (including phenoxy) is 1. The van der Waals surface area contributed by atoms with Crippen LogP contribution in [-0.4, -0.2) is 23.1 Å². The van der Waals surface area contributed by atoms with Crippen molar-refractivity contribution in [2.24, 2.45) is 0 Å². The van der Waals surface area contributed by atoms with Crippen LogP contribution in [0.3, 0.4) is 0 Å². The van der Waals surface area contributed by atoms with Crippen molar-refractivity contribution in [2.45, 2.75) is 213 Å². The summed E-state index contributed by atoms with van der Waals surface area (Å²) in [6.07, 6.45) is 39.5. The summed E-state index contributed by atoms with van der Waals surface area (Å²) in [6.45, 7) is 4.51. The molecule has 0 fully saturated rings. The molecule has 0 saturated carbocycles. The fraction of sp³-hybridized carbons (Fsp3) is 0.892. The van der Waals surface area contributed by atoms with E-state index in [4.69, 9.17) is 9.84 Å². The zero-order valence-electron chi connectivity index (χ0n) is 27.6. The first-order chi connectivity index (χ1) is 20.1. The number of aliphatic carboxylic acids is 1. The van der Waals surface area contributed by atoms with Crippen molar-refractivity contribution < 1.29 is 19.4 Å². The van der Waals surface area contributed by atoms with E-state index < -0.39 is 5.97 Å². The van der Waals surface area contributed by atoms with Crippen LogP contribution in [0.5, 0.6) is 0 Å². The van der Waals surface area contributed by atoms with E-state index in [-0.39, 0.29) is 18.5 Å². The third-order valence-electron chi connectivity index (χ3n) is 8.24. The van der Waals surface area contributed by atoms with Gasteiger partial charge in [-0.2, -0.15) is 0 Å². The number of rotatable bonds is 33. The third-order valence-corrected chi connectivity index (χ3v) is 8.24. The maximum atomic E-state index is 12.5. The van der Waals surface area contributed by atoms with Gasteiger partial charge in [-0.3, -0.25) is 9.59 Å². The minimum Gasteiger partial charge on any atom is -0.481 e. The van der Waals surface area contributed by atoms with E-state index in [0.717, 1.165) is 57.8 Å². The number of allylic oxidation sites excluding steroid dienone is 2. The zero-order valence-corrected chi connectivity index (χ0v) is 27.6. The van der Waals surface area contributed by atoms with E-state index in [1.807, 2.05) is 0 Å². The maximum absolute atomic E-state index is 12.5. The minimum atomic E-state index is -0.712. The van der Waals surface area contributed by atoms with Crippen molar-refractivity contribution in [1.82, 2.24) is 0 Å². The van der Waals surface area contributed by atoms with Crippen molar-refractivity contribution in [3.8, 4) is 0 Å². The predicted octanol–water partition coefficient (Wildman–Crippen LogP) is 12.3. The van der Waals surface area contributed by atoms with Gasteiger partial charge in [0.15, 0.2) is 0 Å². The molecule has 0 saturated heterocycles. The molecule has 0 rings (SSSR count). The van der Waals surface area contributed by atoms with Gasteiger partial charge in [0.05, 0.1) is 0 Å². The predicted molar refractivity (Wildman–Crippen MR) is 177 cm³/mol. The summed E-state index contributed by atoms with van der Waals surface area (Å²) >= 11 is 0. The van der Waals surface area contributed by atoms with Crippen LogP contribution in [0.2, 0.25) is 0 Å². The summed E-state index contributed by atoms with van der Waals surface area (Å²) in [5.74, 6) is -0.730. The van der Waals surface area contributed by atoms with Gasteiger partial charge in [-0.15, -0.1) is 0 Å². The number of carboxylic acids is 1. The molecule has 41 heavy (non-hydrogen) atoms. The molecule has 0 heterocycles. The third kappa shape index (κ3) is 33.1. The number of hydrogen-bond donors (Lipinski definition) is 1. The second-order valence-corrected chi connectivity index (χ2v) is 12.4. The van der Waals surface area contributed by atoms with E-state index in [2.05, 4.69) is 26.0 Å². The largest absolute Gasteiger partial charge is 0.481 e. The average molecular weight is 579 g/mol. The summed E-state index contributed by atoms with van der Waals surface area (Å²) in [6, 6.07) is 0. The van der Waals surface area contributed by atoms with Crippen LogP contribution in [0, 0.1) is 0 Å². The smallest absolute Gasteiger partial charge is 0.306 e. The lowest BCUT2D eigenvalue weighted by molar-refractivity contribution is -0.150. The standard InChI is InChI=1S/C37H70O4/c1-3-5-7-9-10-11-12-13-14-15-16-17-18-19-20-21-22-24-30-34-37(40)41-35(31-27-23-8-6-4-2)32-28-25-26-29-33-36(38)39/h13-14,35H,3-12,15-34H2,1-2H3,(H,38,39)/b14-13-. The quantitative estimate of drug-likeness (QED) is 0.0478. The molecular formula is C37H70O4. The van der Waals surface area contributed by atoms with Gasteiger partial charge in [0.2, 0.25) is 0 Å². The maximum Gasteiger partial charge on any atom is 0.306 e. The summed E-state index contributed by atoms with van der Waals surface area (Å²) in [4.78, 5) is 23.2. The Morgan fingerprint density at radius 3 is 1.32 bits per heavy atom. The highest BCUT2D eigenvalue weighted by Crippen LogP contribution is 2.18. The normalized spacial score (nSPS) is 12.2. The Balaban J connectivity index is 3.73. The lowest BCUT2D eigenvalue weighted by Crippen LogP contribution is -2.18. The SMILES string of the molecule is CCCCCCCC/C=C\CCCCCCCCCCCC(=O)OC(CCCCCCC)CCCCCCC(=O)O. The van der Waals surface area contributed by atoms with Crippen LogP contribution in [0.25, 0.3) is 0 Å². The first kappa shape index (κ1) is 39.7. The molecule has 0 aliphatic heterocycles. The molecule has 4 nitrogen and oxygen atoms in total. The Hall–Kier alpha value is -1.32. The van der Waals surface area contributed by atoms with Crippen molar-refractivity contribution in [3.05, 3.63) is 12.2 Å². The molecule has 0 aliphatic rings. The summed E-state index contributed by atoms with van der Waals surface area (Å²) in [5, 5.41) is 8.78. The number of hydrogen-bond acceptors (Lipinski definition) is 3. The molecule has 0 radical (unpaired) electrons. The lowest BCUT2D eigenvalue weighted by Gasteiger charge is -2.18. The number of carbonyl (C=O) groups excluding carboxylic acids is 1. The fourth-order valence-electron chi connectivity index (χ4n) is 5.53. The minimum absolute atomic E-state index is 0.0181. The zero-order chi connectivity index (χ0) is 30.1. The van der Waals surface area contributed by atoms with E-state index in [9.17, 15) is 9.59 Å². The first-order valence-electron chi connectivity index (χ1n) is 18.2. The monoisotopic (exact) mass is 579 g/mol. The second-order valence-electron chi connectivity index (χ2n) is 12.4. The van der Waals surface area contributed by atoms with E-state index in [0.29, 0.717) is 6.42 Å². The molecule has 0 aromatic heterocycles. The number of carboxylic acid groups (broad SMARTS) is 1. The molecule has 0 bridgehead atoms. The molecule has 1 N–H and O–H groups in total. The van der Waals surface area contributed by atoms with E-state index in [1.165, 1.54) is 122 Å². The molecular weight excluding hydrogens is 508 g/mol. The number of carbonyl (C=O) groups is 2. The highest BCUT2D eigenvalue weighted by Gasteiger charge is 2.14. The Morgan fingerprint density at radius 2 is 0.878 bits per heavy atom. The summed E-state index contributed by atoms with van der Waals surface area (Å²) < 4.78 is 5.90. The van der Waals surface area contributed by atoms with Crippen molar-refractivity contribution in [3.63, 3.8) is 0 Å². The van der Waals surface area contributed by atoms with Crippen molar-refractivity contribution in [1.29, 1.82) is 0 Å². The fourth-order valence-corrected chi connectivity index (χ4v) is 5.53. The summed E-state index contributed by atoms with van der Waals surface area (Å²) in [7, 11) is 0. The van der Waals surface area contributed by atoms with Crippen molar-refractivity contribution >= 4 is 11.9 Å². The highest BCUT2D eigenvalue weighted by molar-refractivity contribution is 5.69. The van der Waals surface area contributed by atoms with Crippen molar-refractivity contribution in [2.75, 3.05) is 0 Å². The molecule has 0 aromatic carbocycles. The van der Waals surface area contributed by atoms with Crippen LogP contribution in [0.4, 0.5) is 0 Å². The second kappa shape index (κ2) is 33.2. The van der Waals surface area contributed by atoms with Gasteiger partial charge >= 0.3 is 11.9 Å². The molecule has 0 spiro atoms. The van der Waals surface area contributed by atoms with E-state index in [1.54, 1.807) is 0 Å². The average Bonchev–Trinajstić information content (AvgIpc) is 2.95. The van der Waals surface area contributed by atoms with Gasteiger partial charge in [-0.1, -0.05) is 142 Å². The van der Waals surface area contributed by atoms with Gasteiger partial charge in [0, 0.05) is 12.8 Å². The molecule has 1 atom stereocenters. The lowest BCUT2D eigenvalue weighted by atomic mass is 10.0. The summed E-state index contributed by atoms with van der Waals surface area (Å²) in [5.41, 5.74) is 0. The molecule has 0 amide bonds. The molecule has 1 unspecified atom stereocenters. The van der Waals surface area contributed by atoms with E-state index >= 15 is 0 Å². The molecule has 4 heteroatoms. The Morgan fingerprint density at radius 1 is 0.512 bits per heavy atom. The van der Waals surface area contributed by atoms with Crippen LogP contribution in [-0.2, 0) is 14.3 Å². The van der Waals surface area contributed by atoms with Crippen LogP contribution in [0.1, 0.15) is 206 Å². The molecule has 0 aliphatic carbocycles. The first-order valence-corrected chi connectivity index (χ1v) is 18.2. The van der Waals surface area contributed by atoms with Gasteiger partial charge in [-0.25, -0.2) is 0 Å². The highest BCUT2D eigenvalue weighted by atomic mass is 16.5. The Kier molecular flexibility index (Phi) is 32.1. The van der Waals surface area contributed by atoms with Crippen LogP contribution in [0.15, 0.2) is 12.2 Å². The van der Waals surface area contributed by atoms with Crippen LogP contribution < -0.4 is 0 Å². The number of unbranched alkanes of at least 4 members (excludes halogenated alkanes) is 22. The molecule has 0 aromatic rings. The van der Waals surface area contributed by atoms with Gasteiger partial charge in [-0.05, 0) is 64.2 Å². The van der Waals surface area contributed by atoms with Gasteiger partial charge < -0.3 is 9.84 Å². The number of esters is 1. The topological polar surface area (TPSA) is 63.6 Å². The molecule has 242 valence electrons. The van der Waals surface area contributed by atoms with Crippen LogP contribution >= 0.6 is 0 Å².